The first-order valence-corrected chi connectivity index (χ1v) is 8.65. The zero-order chi connectivity index (χ0) is 19.2. The second-order valence-corrected chi connectivity index (χ2v) is 6.79. The van der Waals surface area contributed by atoms with Gasteiger partial charge in [-0.3, -0.25) is 5.10 Å². The van der Waals surface area contributed by atoms with Crippen molar-refractivity contribution in [3.63, 3.8) is 0 Å². The van der Waals surface area contributed by atoms with E-state index >= 15 is 0 Å². The number of aromatic amines is 1. The van der Waals surface area contributed by atoms with Crippen LogP contribution in [0, 0.1) is 11.3 Å². The highest BCUT2D eigenvalue weighted by Crippen LogP contribution is 2.46. The summed E-state index contributed by atoms with van der Waals surface area (Å²) < 4.78 is 44.1. The van der Waals surface area contributed by atoms with E-state index in [2.05, 4.69) is 10.2 Å². The molecule has 1 aliphatic rings. The fourth-order valence-corrected chi connectivity index (χ4v) is 3.79. The minimum Gasteiger partial charge on any atom is -0.420 e. The third kappa shape index (κ3) is 2.84. The van der Waals surface area contributed by atoms with Gasteiger partial charge in [-0.2, -0.15) is 18.4 Å². The van der Waals surface area contributed by atoms with Crippen LogP contribution in [0.5, 0.6) is 5.88 Å². The van der Waals surface area contributed by atoms with E-state index < -0.39 is 17.7 Å². The molecule has 0 amide bonds. The first-order chi connectivity index (χ1) is 12.9. The van der Waals surface area contributed by atoms with Gasteiger partial charge in [-0.05, 0) is 29.1 Å². The fraction of sp³-hybridized carbons (Fsp3) is 0.111. The first kappa shape index (κ1) is 17.2. The standard InChI is InChI=1S/C18H11F3N4OS/c19-18(20,21)10-5-3-9(4-6-10)13-11(8-22)16(23)26-17-14(13)15(24-25-17)12-2-1-7-27-12/h1-7,13H,23H2,(H,24,25). The Balaban J connectivity index is 1.89. The number of rotatable bonds is 2. The van der Waals surface area contributed by atoms with Gasteiger partial charge in [0.2, 0.25) is 11.8 Å². The number of hydrogen-bond donors (Lipinski definition) is 2. The van der Waals surface area contributed by atoms with E-state index in [9.17, 15) is 18.4 Å². The van der Waals surface area contributed by atoms with Crippen molar-refractivity contribution in [2.45, 2.75) is 12.1 Å². The number of nitrogens with two attached hydrogens (primary N) is 1. The molecule has 136 valence electrons. The van der Waals surface area contributed by atoms with Gasteiger partial charge in [-0.15, -0.1) is 16.4 Å². The highest BCUT2D eigenvalue weighted by atomic mass is 32.1. The number of nitrogens with one attached hydrogen (secondary N) is 1. The molecule has 0 saturated heterocycles. The van der Waals surface area contributed by atoms with Gasteiger partial charge in [0, 0.05) is 0 Å². The van der Waals surface area contributed by atoms with Gasteiger partial charge in [0.05, 0.1) is 27.6 Å². The molecule has 0 spiro atoms. The van der Waals surface area contributed by atoms with Crippen LogP contribution in [0.1, 0.15) is 22.6 Å². The number of H-pyrrole nitrogens is 1. The number of alkyl halides is 3. The van der Waals surface area contributed by atoms with E-state index in [-0.39, 0.29) is 17.3 Å². The summed E-state index contributed by atoms with van der Waals surface area (Å²) in [4.78, 5) is 0.863. The molecule has 1 atom stereocenters. The first-order valence-electron chi connectivity index (χ1n) is 7.77. The summed E-state index contributed by atoms with van der Waals surface area (Å²) in [5.41, 5.74) is 6.93. The number of ether oxygens (including phenoxy) is 1. The molecule has 0 saturated carbocycles. The van der Waals surface area contributed by atoms with Crippen molar-refractivity contribution in [2.24, 2.45) is 5.73 Å². The van der Waals surface area contributed by atoms with Crippen LogP contribution in [-0.2, 0) is 6.18 Å². The van der Waals surface area contributed by atoms with Crippen LogP contribution in [-0.4, -0.2) is 10.2 Å². The number of benzene rings is 1. The van der Waals surface area contributed by atoms with Crippen LogP contribution in [0.2, 0.25) is 0 Å². The molecular formula is C18H11F3N4OS. The van der Waals surface area contributed by atoms with Gasteiger partial charge in [0.1, 0.15) is 11.6 Å². The van der Waals surface area contributed by atoms with Crippen molar-refractivity contribution in [1.82, 2.24) is 10.2 Å². The molecule has 3 aromatic rings. The van der Waals surface area contributed by atoms with Gasteiger partial charge >= 0.3 is 6.18 Å². The summed E-state index contributed by atoms with van der Waals surface area (Å²) in [5, 5.41) is 18.5. The zero-order valence-corrected chi connectivity index (χ0v) is 14.4. The van der Waals surface area contributed by atoms with Crippen molar-refractivity contribution in [2.75, 3.05) is 0 Å². The van der Waals surface area contributed by atoms with E-state index in [0.717, 1.165) is 17.0 Å². The van der Waals surface area contributed by atoms with Crippen LogP contribution in [0.4, 0.5) is 13.2 Å². The summed E-state index contributed by atoms with van der Waals surface area (Å²) >= 11 is 1.46. The van der Waals surface area contributed by atoms with E-state index in [1.54, 1.807) is 0 Å². The van der Waals surface area contributed by atoms with E-state index in [0.29, 0.717) is 16.8 Å². The molecule has 0 aliphatic carbocycles. The molecule has 1 unspecified atom stereocenters. The molecule has 2 aromatic heterocycles. The molecule has 0 fully saturated rings. The van der Waals surface area contributed by atoms with Crippen LogP contribution in [0.3, 0.4) is 0 Å². The summed E-state index contributed by atoms with van der Waals surface area (Å²) in [5.74, 6) is -0.587. The Morgan fingerprint density at radius 3 is 2.56 bits per heavy atom. The Hall–Kier alpha value is -3.25. The van der Waals surface area contributed by atoms with Gasteiger partial charge in [-0.1, -0.05) is 18.2 Å². The van der Waals surface area contributed by atoms with Crippen LogP contribution in [0.25, 0.3) is 10.6 Å². The molecule has 1 aromatic carbocycles. The maximum absolute atomic E-state index is 12.9. The summed E-state index contributed by atoms with van der Waals surface area (Å²) in [7, 11) is 0. The van der Waals surface area contributed by atoms with Gasteiger partial charge < -0.3 is 10.5 Å². The number of fused-ring (bicyclic) bond motifs is 1. The smallest absolute Gasteiger partial charge is 0.416 e. The Kier molecular flexibility index (Phi) is 3.93. The Morgan fingerprint density at radius 2 is 1.96 bits per heavy atom. The summed E-state index contributed by atoms with van der Waals surface area (Å²) in [6, 6.07) is 10.4. The van der Waals surface area contributed by atoms with Crippen molar-refractivity contribution in [1.29, 1.82) is 5.26 Å². The molecule has 0 radical (unpaired) electrons. The molecule has 3 heterocycles. The summed E-state index contributed by atoms with van der Waals surface area (Å²) in [6.07, 6.45) is -4.44. The maximum atomic E-state index is 12.9. The lowest BCUT2D eigenvalue weighted by molar-refractivity contribution is -0.137. The van der Waals surface area contributed by atoms with Crippen molar-refractivity contribution in [3.05, 3.63) is 69.9 Å². The lowest BCUT2D eigenvalue weighted by Gasteiger charge is -2.24. The SMILES string of the molecule is N#CC1=C(N)Oc2n[nH]c(-c3cccs3)c2C1c1ccc(C(F)(F)F)cc1. The van der Waals surface area contributed by atoms with Gasteiger partial charge in [0.15, 0.2) is 0 Å². The number of nitriles is 1. The molecular weight excluding hydrogens is 377 g/mol. The van der Waals surface area contributed by atoms with E-state index in [4.69, 9.17) is 10.5 Å². The minimum absolute atomic E-state index is 0.112. The largest absolute Gasteiger partial charge is 0.420 e. The van der Waals surface area contributed by atoms with Crippen LogP contribution < -0.4 is 10.5 Å². The van der Waals surface area contributed by atoms with Crippen LogP contribution in [0.15, 0.2) is 53.2 Å². The lowest BCUT2D eigenvalue weighted by atomic mass is 9.83. The molecule has 4 rings (SSSR count). The predicted octanol–water partition coefficient (Wildman–Crippen LogP) is 4.38. The zero-order valence-electron chi connectivity index (χ0n) is 13.5. The van der Waals surface area contributed by atoms with E-state index in [1.165, 1.54) is 23.5 Å². The molecule has 9 heteroatoms. The number of halogens is 3. The summed E-state index contributed by atoms with van der Waals surface area (Å²) in [6.45, 7) is 0. The maximum Gasteiger partial charge on any atom is 0.416 e. The number of hydrogen-bond acceptors (Lipinski definition) is 5. The topological polar surface area (TPSA) is 87.7 Å². The second-order valence-electron chi connectivity index (χ2n) is 5.84. The number of allylic oxidation sites excluding steroid dienone is 1. The highest BCUT2D eigenvalue weighted by Gasteiger charge is 2.36. The lowest BCUT2D eigenvalue weighted by Crippen LogP contribution is -2.21. The normalized spacial score (nSPS) is 16.6. The molecule has 3 N–H and O–H groups in total. The second kappa shape index (κ2) is 6.17. The van der Waals surface area contributed by atoms with E-state index in [1.807, 2.05) is 23.6 Å². The van der Waals surface area contributed by atoms with Crippen molar-refractivity contribution >= 4 is 11.3 Å². The third-order valence-electron chi connectivity index (χ3n) is 4.28. The Labute approximate surface area is 155 Å². The molecule has 1 aliphatic heterocycles. The number of thiophene rings is 1. The fourth-order valence-electron chi connectivity index (χ4n) is 3.05. The quantitative estimate of drug-likeness (QED) is 0.682. The Morgan fingerprint density at radius 1 is 1.22 bits per heavy atom. The third-order valence-corrected chi connectivity index (χ3v) is 5.17. The average molecular weight is 388 g/mol. The van der Waals surface area contributed by atoms with Gasteiger partial charge in [-0.25, -0.2) is 0 Å². The molecule has 0 bridgehead atoms. The molecule has 5 nitrogen and oxygen atoms in total. The number of nitrogens with zero attached hydrogens (tertiary/aromatic N) is 2. The minimum atomic E-state index is -4.44. The number of aromatic nitrogens is 2. The monoisotopic (exact) mass is 388 g/mol. The van der Waals surface area contributed by atoms with Gasteiger partial charge in [0.25, 0.3) is 0 Å². The Bertz CT molecular complexity index is 1060. The van der Waals surface area contributed by atoms with Crippen molar-refractivity contribution in [3.8, 4) is 22.5 Å². The van der Waals surface area contributed by atoms with Crippen LogP contribution >= 0.6 is 11.3 Å². The molecule has 27 heavy (non-hydrogen) atoms. The average Bonchev–Trinajstić information content (AvgIpc) is 3.29. The predicted molar refractivity (Wildman–Crippen MR) is 92.6 cm³/mol. The highest BCUT2D eigenvalue weighted by molar-refractivity contribution is 7.13. The van der Waals surface area contributed by atoms with Crippen molar-refractivity contribution < 1.29 is 17.9 Å².